The highest BCUT2D eigenvalue weighted by Gasteiger charge is 2.13. The first-order valence-electron chi connectivity index (χ1n) is 6.12. The molecule has 0 saturated heterocycles. The van der Waals surface area contributed by atoms with Crippen LogP contribution >= 0.6 is 0 Å². The lowest BCUT2D eigenvalue weighted by atomic mass is 10.1. The van der Waals surface area contributed by atoms with Crippen molar-refractivity contribution in [1.82, 2.24) is 0 Å². The van der Waals surface area contributed by atoms with Gasteiger partial charge in [0, 0.05) is 17.8 Å². The van der Waals surface area contributed by atoms with Crippen molar-refractivity contribution in [3.05, 3.63) is 65.2 Å². The van der Waals surface area contributed by atoms with Crippen LogP contribution in [0.2, 0.25) is 0 Å². The predicted octanol–water partition coefficient (Wildman–Crippen LogP) is 2.60. The summed E-state index contributed by atoms with van der Waals surface area (Å²) in [6.07, 6.45) is -0.350. The van der Waals surface area contributed by atoms with Gasteiger partial charge < -0.3 is 11.1 Å². The molecule has 0 aliphatic heterocycles. The summed E-state index contributed by atoms with van der Waals surface area (Å²) in [6.45, 7) is 0.411. The lowest BCUT2D eigenvalue weighted by molar-refractivity contribution is -0.115. The van der Waals surface area contributed by atoms with Crippen LogP contribution in [0.4, 0.5) is 14.5 Å². The van der Waals surface area contributed by atoms with Crippen LogP contribution < -0.4 is 11.1 Å². The van der Waals surface area contributed by atoms with Gasteiger partial charge in [0.05, 0.1) is 6.42 Å². The number of carbonyl (C=O) groups excluding carboxylic acids is 1. The number of rotatable bonds is 4. The molecule has 0 bridgehead atoms. The Morgan fingerprint density at radius 2 is 1.65 bits per heavy atom. The van der Waals surface area contributed by atoms with Gasteiger partial charge in [-0.2, -0.15) is 0 Å². The smallest absolute Gasteiger partial charge is 0.229 e. The van der Waals surface area contributed by atoms with Crippen LogP contribution in [0, 0.1) is 11.6 Å². The molecule has 0 unspecified atom stereocenters. The van der Waals surface area contributed by atoms with Gasteiger partial charge in [0.2, 0.25) is 5.91 Å². The summed E-state index contributed by atoms with van der Waals surface area (Å²) in [5, 5.41) is 2.58. The Morgan fingerprint density at radius 3 is 2.20 bits per heavy atom. The zero-order valence-electron chi connectivity index (χ0n) is 10.7. The molecule has 0 heterocycles. The number of nitrogens with one attached hydrogen (secondary N) is 1. The summed E-state index contributed by atoms with van der Waals surface area (Å²) in [4.78, 5) is 11.8. The summed E-state index contributed by atoms with van der Waals surface area (Å²) in [5.41, 5.74) is 6.73. The molecule has 2 rings (SSSR count). The minimum Gasteiger partial charge on any atom is -0.326 e. The van der Waals surface area contributed by atoms with E-state index in [0.717, 1.165) is 17.7 Å². The van der Waals surface area contributed by atoms with E-state index in [2.05, 4.69) is 5.32 Å². The van der Waals surface area contributed by atoms with Gasteiger partial charge in [-0.1, -0.05) is 18.2 Å². The molecule has 0 aliphatic rings. The maximum absolute atomic E-state index is 13.4. The third kappa shape index (κ3) is 3.39. The molecule has 0 radical (unpaired) electrons. The number of halogens is 2. The SMILES string of the molecule is NCc1ccc(NC(=O)Cc2c(F)cccc2F)cc1. The van der Waals surface area contributed by atoms with Crippen LogP contribution in [-0.2, 0) is 17.8 Å². The number of hydrogen-bond acceptors (Lipinski definition) is 2. The Balaban J connectivity index is 2.05. The molecule has 0 aromatic heterocycles. The van der Waals surface area contributed by atoms with E-state index in [0.29, 0.717) is 12.2 Å². The van der Waals surface area contributed by atoms with Crippen molar-refractivity contribution in [3.63, 3.8) is 0 Å². The Labute approximate surface area is 115 Å². The largest absolute Gasteiger partial charge is 0.326 e. The van der Waals surface area contributed by atoms with E-state index in [4.69, 9.17) is 5.73 Å². The molecule has 0 fully saturated rings. The standard InChI is InChI=1S/C15H14F2N2O/c16-13-2-1-3-14(17)12(13)8-15(20)19-11-6-4-10(9-18)5-7-11/h1-7H,8-9,18H2,(H,19,20). The van der Waals surface area contributed by atoms with E-state index < -0.39 is 17.5 Å². The Kier molecular flexibility index (Phi) is 4.42. The van der Waals surface area contributed by atoms with Crippen molar-refractivity contribution in [3.8, 4) is 0 Å². The Bertz CT molecular complexity index is 592. The second kappa shape index (κ2) is 6.25. The maximum Gasteiger partial charge on any atom is 0.229 e. The lowest BCUT2D eigenvalue weighted by Gasteiger charge is -2.07. The van der Waals surface area contributed by atoms with E-state index in [1.165, 1.54) is 6.07 Å². The summed E-state index contributed by atoms with van der Waals surface area (Å²) in [7, 11) is 0. The topological polar surface area (TPSA) is 55.1 Å². The Hall–Kier alpha value is -2.27. The van der Waals surface area contributed by atoms with Crippen LogP contribution in [0.1, 0.15) is 11.1 Å². The second-order valence-corrected chi connectivity index (χ2v) is 4.33. The van der Waals surface area contributed by atoms with E-state index in [-0.39, 0.29) is 12.0 Å². The third-order valence-corrected chi connectivity index (χ3v) is 2.87. The highest BCUT2D eigenvalue weighted by atomic mass is 19.1. The molecular formula is C15H14F2N2O. The minimum absolute atomic E-state index is 0.233. The number of nitrogens with two attached hydrogens (primary N) is 1. The molecule has 3 nitrogen and oxygen atoms in total. The van der Waals surface area contributed by atoms with Crippen molar-refractivity contribution < 1.29 is 13.6 Å². The highest BCUT2D eigenvalue weighted by molar-refractivity contribution is 5.92. The number of anilines is 1. The van der Waals surface area contributed by atoms with Gasteiger partial charge in [-0.3, -0.25) is 4.79 Å². The number of benzene rings is 2. The van der Waals surface area contributed by atoms with Crippen molar-refractivity contribution in [2.45, 2.75) is 13.0 Å². The molecule has 2 aromatic carbocycles. The highest BCUT2D eigenvalue weighted by Crippen LogP contribution is 2.14. The van der Waals surface area contributed by atoms with Crippen LogP contribution in [0.15, 0.2) is 42.5 Å². The average Bonchev–Trinajstić information content (AvgIpc) is 2.44. The summed E-state index contributed by atoms with van der Waals surface area (Å²) < 4.78 is 26.8. The predicted molar refractivity (Wildman–Crippen MR) is 73.0 cm³/mol. The second-order valence-electron chi connectivity index (χ2n) is 4.33. The molecule has 0 spiro atoms. The first-order chi connectivity index (χ1) is 9.60. The molecule has 3 N–H and O–H groups in total. The van der Waals surface area contributed by atoms with Gasteiger partial charge in [0.15, 0.2) is 0 Å². The molecule has 0 aliphatic carbocycles. The molecule has 1 amide bonds. The van der Waals surface area contributed by atoms with Gasteiger partial charge >= 0.3 is 0 Å². The van der Waals surface area contributed by atoms with Gasteiger partial charge in [0.25, 0.3) is 0 Å². The molecule has 5 heteroatoms. The van der Waals surface area contributed by atoms with Crippen LogP contribution in [0.3, 0.4) is 0 Å². The van der Waals surface area contributed by atoms with Crippen molar-refractivity contribution in [2.75, 3.05) is 5.32 Å². The quantitative estimate of drug-likeness (QED) is 0.902. The van der Waals surface area contributed by atoms with Gasteiger partial charge in [-0.25, -0.2) is 8.78 Å². The number of amides is 1. The molecule has 0 atom stereocenters. The average molecular weight is 276 g/mol. The van der Waals surface area contributed by atoms with Gasteiger partial charge in [-0.05, 0) is 29.8 Å². The first-order valence-corrected chi connectivity index (χ1v) is 6.12. The van der Waals surface area contributed by atoms with Crippen molar-refractivity contribution in [1.29, 1.82) is 0 Å². The maximum atomic E-state index is 13.4. The van der Waals surface area contributed by atoms with E-state index in [9.17, 15) is 13.6 Å². The first kappa shape index (κ1) is 14.1. The fourth-order valence-electron chi connectivity index (χ4n) is 1.79. The molecule has 20 heavy (non-hydrogen) atoms. The molecule has 2 aromatic rings. The summed E-state index contributed by atoms with van der Waals surface area (Å²) >= 11 is 0. The Morgan fingerprint density at radius 1 is 1.05 bits per heavy atom. The van der Waals surface area contributed by atoms with Crippen molar-refractivity contribution >= 4 is 11.6 Å². The summed E-state index contributed by atoms with van der Waals surface area (Å²) in [6, 6.07) is 10.5. The minimum atomic E-state index is -0.723. The van der Waals surface area contributed by atoms with Crippen LogP contribution in [0.5, 0.6) is 0 Å². The van der Waals surface area contributed by atoms with Crippen LogP contribution in [0.25, 0.3) is 0 Å². The molecule has 0 saturated carbocycles. The van der Waals surface area contributed by atoms with E-state index >= 15 is 0 Å². The fraction of sp³-hybridized carbons (Fsp3) is 0.133. The zero-order valence-corrected chi connectivity index (χ0v) is 10.7. The third-order valence-electron chi connectivity index (χ3n) is 2.87. The zero-order chi connectivity index (χ0) is 14.5. The number of carbonyl (C=O) groups is 1. The van der Waals surface area contributed by atoms with Gasteiger partial charge in [0.1, 0.15) is 11.6 Å². The normalized spacial score (nSPS) is 10.3. The van der Waals surface area contributed by atoms with E-state index in [1.54, 1.807) is 24.3 Å². The number of hydrogen-bond donors (Lipinski definition) is 2. The molecule has 104 valence electrons. The lowest BCUT2D eigenvalue weighted by Crippen LogP contribution is -2.16. The fourth-order valence-corrected chi connectivity index (χ4v) is 1.79. The summed E-state index contributed by atoms with van der Waals surface area (Å²) in [5.74, 6) is -1.92. The van der Waals surface area contributed by atoms with E-state index in [1.807, 2.05) is 0 Å². The van der Waals surface area contributed by atoms with Crippen molar-refractivity contribution in [2.24, 2.45) is 5.73 Å². The van der Waals surface area contributed by atoms with Gasteiger partial charge in [-0.15, -0.1) is 0 Å². The molecular weight excluding hydrogens is 262 g/mol. The monoisotopic (exact) mass is 276 g/mol. The van der Waals surface area contributed by atoms with Crippen LogP contribution in [-0.4, -0.2) is 5.91 Å².